The van der Waals surface area contributed by atoms with E-state index in [1.54, 1.807) is 23.0 Å². The molecule has 3 aromatic heterocycles. The Morgan fingerprint density at radius 2 is 2.11 bits per heavy atom. The first-order valence-electron chi connectivity index (χ1n) is 8.85. The van der Waals surface area contributed by atoms with E-state index in [0.717, 1.165) is 41.9 Å². The lowest BCUT2D eigenvalue weighted by atomic mass is 10.1. The van der Waals surface area contributed by atoms with Crippen molar-refractivity contribution in [1.29, 1.82) is 0 Å². The smallest absolute Gasteiger partial charge is 0.231 e. The van der Waals surface area contributed by atoms with Gasteiger partial charge in [-0.2, -0.15) is 0 Å². The van der Waals surface area contributed by atoms with E-state index >= 15 is 0 Å². The minimum Gasteiger partial charge on any atom is -0.476 e. The lowest BCUT2D eigenvalue weighted by Gasteiger charge is -2.19. The Bertz CT molecular complexity index is 1110. The third-order valence-electron chi connectivity index (χ3n) is 4.86. The molecule has 27 heavy (non-hydrogen) atoms. The number of benzene rings is 1. The molecular formula is C19H17FN6O. The predicted molar refractivity (Wildman–Crippen MR) is 98.3 cm³/mol. The highest BCUT2D eigenvalue weighted by Gasteiger charge is 2.25. The van der Waals surface area contributed by atoms with E-state index < -0.39 is 0 Å². The summed E-state index contributed by atoms with van der Waals surface area (Å²) in [5.74, 6) is 1.43. The number of aromatic nitrogens is 5. The molecule has 7 nitrogen and oxygen atoms in total. The second-order valence-corrected chi connectivity index (χ2v) is 6.67. The second-order valence-electron chi connectivity index (χ2n) is 6.67. The Hall–Kier alpha value is -3.29. The molecular weight excluding hydrogens is 347 g/mol. The largest absolute Gasteiger partial charge is 0.476 e. The van der Waals surface area contributed by atoms with Gasteiger partial charge >= 0.3 is 0 Å². The average Bonchev–Trinajstić information content (AvgIpc) is 3.34. The SMILES string of the molecule is Fc1ccc2ncnc(N3CCC(COc4ccc5nccn5n4)C3)c2c1. The number of hydrogen-bond acceptors (Lipinski definition) is 6. The highest BCUT2D eigenvalue weighted by molar-refractivity contribution is 5.89. The van der Waals surface area contributed by atoms with Crippen LogP contribution in [0.2, 0.25) is 0 Å². The van der Waals surface area contributed by atoms with Gasteiger partial charge in [0.1, 0.15) is 18.0 Å². The van der Waals surface area contributed by atoms with Gasteiger partial charge in [0.2, 0.25) is 5.88 Å². The number of anilines is 1. The van der Waals surface area contributed by atoms with Gasteiger partial charge in [0, 0.05) is 42.9 Å². The van der Waals surface area contributed by atoms with Crippen molar-refractivity contribution in [2.75, 3.05) is 24.6 Å². The van der Waals surface area contributed by atoms with Gasteiger partial charge in [-0.15, -0.1) is 5.10 Å². The van der Waals surface area contributed by atoms with E-state index in [-0.39, 0.29) is 5.82 Å². The van der Waals surface area contributed by atoms with Crippen LogP contribution in [0.15, 0.2) is 49.1 Å². The van der Waals surface area contributed by atoms with Crippen molar-refractivity contribution < 1.29 is 9.13 Å². The molecule has 1 aromatic carbocycles. The molecule has 0 radical (unpaired) electrons. The van der Waals surface area contributed by atoms with E-state index in [2.05, 4.69) is 25.0 Å². The van der Waals surface area contributed by atoms with Gasteiger partial charge in [-0.3, -0.25) is 0 Å². The number of hydrogen-bond donors (Lipinski definition) is 0. The zero-order valence-electron chi connectivity index (χ0n) is 14.5. The molecule has 1 atom stereocenters. The number of halogens is 1. The Labute approximate surface area is 154 Å². The zero-order valence-corrected chi connectivity index (χ0v) is 14.5. The number of ether oxygens (including phenoxy) is 1. The first kappa shape index (κ1) is 15.9. The van der Waals surface area contributed by atoms with Crippen molar-refractivity contribution in [2.45, 2.75) is 6.42 Å². The summed E-state index contributed by atoms with van der Waals surface area (Å²) in [6.45, 7) is 2.22. The Balaban J connectivity index is 1.29. The maximum Gasteiger partial charge on any atom is 0.231 e. The number of rotatable bonds is 4. The summed E-state index contributed by atoms with van der Waals surface area (Å²) in [6, 6.07) is 8.31. The molecule has 5 rings (SSSR count). The standard InChI is InChI=1S/C19H17FN6O/c20-14-1-2-16-15(9-14)19(23-12-22-16)25-7-5-13(10-25)11-27-18-4-3-17-21-6-8-26(17)24-18/h1-4,6,8-9,12-13H,5,7,10-11H2. The number of imidazole rings is 1. The van der Waals surface area contributed by atoms with Crippen LogP contribution >= 0.6 is 0 Å². The van der Waals surface area contributed by atoms with Crippen molar-refractivity contribution in [3.05, 3.63) is 54.9 Å². The van der Waals surface area contributed by atoms with Gasteiger partial charge in [0.15, 0.2) is 5.65 Å². The van der Waals surface area contributed by atoms with E-state index in [4.69, 9.17) is 4.74 Å². The average molecular weight is 364 g/mol. The fourth-order valence-corrected chi connectivity index (χ4v) is 3.51. The molecule has 0 N–H and O–H groups in total. The molecule has 8 heteroatoms. The van der Waals surface area contributed by atoms with Crippen LogP contribution in [0.3, 0.4) is 0 Å². The van der Waals surface area contributed by atoms with Crippen LogP contribution < -0.4 is 9.64 Å². The van der Waals surface area contributed by atoms with Gasteiger partial charge < -0.3 is 9.64 Å². The molecule has 0 spiro atoms. The zero-order chi connectivity index (χ0) is 18.2. The molecule has 1 fully saturated rings. The summed E-state index contributed by atoms with van der Waals surface area (Å²) in [7, 11) is 0. The number of nitrogens with zero attached hydrogens (tertiary/aromatic N) is 6. The Morgan fingerprint density at radius 1 is 1.15 bits per heavy atom. The Kier molecular flexibility index (Phi) is 3.81. The fourth-order valence-electron chi connectivity index (χ4n) is 3.51. The van der Waals surface area contributed by atoms with Crippen molar-refractivity contribution >= 4 is 22.4 Å². The van der Waals surface area contributed by atoms with Gasteiger partial charge in [-0.05, 0) is 30.7 Å². The van der Waals surface area contributed by atoms with Crippen LogP contribution in [0, 0.1) is 11.7 Å². The molecule has 136 valence electrons. The molecule has 4 heterocycles. The summed E-state index contributed by atoms with van der Waals surface area (Å²) < 4.78 is 21.2. The lowest BCUT2D eigenvalue weighted by molar-refractivity contribution is 0.249. The van der Waals surface area contributed by atoms with Crippen LogP contribution in [0.25, 0.3) is 16.6 Å². The molecule has 1 saturated heterocycles. The predicted octanol–water partition coefficient (Wildman–Crippen LogP) is 2.72. The van der Waals surface area contributed by atoms with Gasteiger partial charge in [0.25, 0.3) is 0 Å². The first-order valence-corrected chi connectivity index (χ1v) is 8.85. The topological polar surface area (TPSA) is 68.4 Å². The fraction of sp³-hybridized carbons (Fsp3) is 0.263. The van der Waals surface area contributed by atoms with Gasteiger partial charge in [0.05, 0.1) is 12.1 Å². The lowest BCUT2D eigenvalue weighted by Crippen LogP contribution is -2.23. The summed E-state index contributed by atoms with van der Waals surface area (Å²) in [5.41, 5.74) is 1.54. The minimum atomic E-state index is -0.279. The molecule has 0 amide bonds. The van der Waals surface area contributed by atoms with Gasteiger partial charge in [-0.25, -0.2) is 23.9 Å². The highest BCUT2D eigenvalue weighted by Crippen LogP contribution is 2.28. The molecule has 1 aliphatic rings. The molecule has 0 bridgehead atoms. The minimum absolute atomic E-state index is 0.279. The van der Waals surface area contributed by atoms with E-state index in [1.807, 2.05) is 12.1 Å². The van der Waals surface area contributed by atoms with Crippen LogP contribution in [0.5, 0.6) is 5.88 Å². The second kappa shape index (κ2) is 6.46. The highest BCUT2D eigenvalue weighted by atomic mass is 19.1. The normalized spacial score (nSPS) is 17.1. The molecule has 0 saturated carbocycles. The van der Waals surface area contributed by atoms with Crippen molar-refractivity contribution in [3.63, 3.8) is 0 Å². The van der Waals surface area contributed by atoms with E-state index in [1.165, 1.54) is 18.5 Å². The van der Waals surface area contributed by atoms with Crippen LogP contribution in [-0.2, 0) is 0 Å². The molecule has 0 aliphatic carbocycles. The van der Waals surface area contributed by atoms with E-state index in [0.29, 0.717) is 18.4 Å². The quantitative estimate of drug-likeness (QED) is 0.555. The van der Waals surface area contributed by atoms with Crippen LogP contribution in [0.4, 0.5) is 10.2 Å². The summed E-state index contributed by atoms with van der Waals surface area (Å²) >= 11 is 0. The Morgan fingerprint density at radius 3 is 3.07 bits per heavy atom. The first-order chi connectivity index (χ1) is 13.3. The van der Waals surface area contributed by atoms with Gasteiger partial charge in [-0.1, -0.05) is 0 Å². The molecule has 1 unspecified atom stereocenters. The summed E-state index contributed by atoms with van der Waals surface area (Å²) in [5, 5.41) is 5.12. The maximum atomic E-state index is 13.7. The third kappa shape index (κ3) is 3.03. The summed E-state index contributed by atoms with van der Waals surface area (Å²) in [4.78, 5) is 15.0. The number of fused-ring (bicyclic) bond motifs is 2. The third-order valence-corrected chi connectivity index (χ3v) is 4.86. The van der Waals surface area contributed by atoms with Crippen LogP contribution in [-0.4, -0.2) is 44.3 Å². The summed E-state index contributed by atoms with van der Waals surface area (Å²) in [6.07, 6.45) is 6.01. The van der Waals surface area contributed by atoms with Crippen molar-refractivity contribution in [3.8, 4) is 5.88 Å². The maximum absolute atomic E-state index is 13.7. The monoisotopic (exact) mass is 364 g/mol. The van der Waals surface area contributed by atoms with Crippen LogP contribution in [0.1, 0.15) is 6.42 Å². The molecule has 4 aromatic rings. The molecule has 1 aliphatic heterocycles. The van der Waals surface area contributed by atoms with Crippen molar-refractivity contribution in [1.82, 2.24) is 24.6 Å². The van der Waals surface area contributed by atoms with E-state index in [9.17, 15) is 4.39 Å². The van der Waals surface area contributed by atoms with Crippen molar-refractivity contribution in [2.24, 2.45) is 5.92 Å².